The van der Waals surface area contributed by atoms with E-state index in [4.69, 9.17) is 10.6 Å². The molecule has 6 rings (SSSR count). The zero-order valence-corrected chi connectivity index (χ0v) is 28.5. The molecule has 5 N–H and O–H groups in total. The first kappa shape index (κ1) is 33.8. The Hall–Kier alpha value is -4.13. The highest BCUT2D eigenvalue weighted by atomic mass is 16.6. The van der Waals surface area contributed by atoms with E-state index in [1.807, 2.05) is 73.0 Å². The highest BCUT2D eigenvalue weighted by Crippen LogP contribution is 2.28. The maximum atomic E-state index is 14.1. The van der Waals surface area contributed by atoms with Crippen LogP contribution in [-0.4, -0.2) is 108 Å². The smallest absolute Gasteiger partial charge is 0.414 e. The Morgan fingerprint density at radius 2 is 1.69 bits per heavy atom. The van der Waals surface area contributed by atoms with E-state index in [-0.39, 0.29) is 24.4 Å². The molecule has 0 spiro atoms. The van der Waals surface area contributed by atoms with Crippen molar-refractivity contribution in [2.75, 3.05) is 63.1 Å². The number of hydrogen-bond acceptors (Lipinski definition) is 8. The number of anilines is 2. The van der Waals surface area contributed by atoms with Gasteiger partial charge in [0.05, 0.1) is 11.7 Å². The van der Waals surface area contributed by atoms with E-state index in [1.165, 1.54) is 0 Å². The molecule has 2 fully saturated rings. The van der Waals surface area contributed by atoms with Crippen molar-refractivity contribution in [2.45, 2.75) is 71.1 Å². The number of urea groups is 1. The van der Waals surface area contributed by atoms with E-state index < -0.39 is 12.2 Å². The van der Waals surface area contributed by atoms with E-state index in [0.717, 1.165) is 79.1 Å². The lowest BCUT2D eigenvalue weighted by atomic mass is 9.98. The summed E-state index contributed by atoms with van der Waals surface area (Å²) in [5.41, 5.74) is 9.09. The Kier molecular flexibility index (Phi) is 10.5. The second kappa shape index (κ2) is 15.0. The van der Waals surface area contributed by atoms with Crippen LogP contribution >= 0.6 is 0 Å². The molecule has 1 unspecified atom stereocenters. The fraction of sp³-hybridized carbons (Fsp3) is 0.528. The molecule has 0 aliphatic carbocycles. The van der Waals surface area contributed by atoms with Gasteiger partial charge in [-0.3, -0.25) is 20.4 Å². The summed E-state index contributed by atoms with van der Waals surface area (Å²) in [5, 5.41) is 6.46. The average molecular weight is 659 g/mol. The van der Waals surface area contributed by atoms with Crippen LogP contribution in [0.5, 0.6) is 0 Å². The van der Waals surface area contributed by atoms with Gasteiger partial charge in [0, 0.05) is 76.2 Å². The van der Waals surface area contributed by atoms with Crippen molar-refractivity contribution in [1.29, 1.82) is 0 Å². The Morgan fingerprint density at radius 1 is 0.979 bits per heavy atom. The number of hydrogen-bond donors (Lipinski definition) is 4. The number of para-hydroxylation sites is 1. The topological polar surface area (TPSA) is 136 Å². The van der Waals surface area contributed by atoms with Gasteiger partial charge in [-0.05, 0) is 80.9 Å². The molecule has 258 valence electrons. The summed E-state index contributed by atoms with van der Waals surface area (Å²) >= 11 is 0. The first-order chi connectivity index (χ1) is 23.2. The number of benzene rings is 2. The molecule has 4 amide bonds. The van der Waals surface area contributed by atoms with Gasteiger partial charge in [-0.25, -0.2) is 9.59 Å². The molecule has 2 atom stereocenters. The number of nitrogens with zero attached hydrogens (tertiary/aromatic N) is 4. The van der Waals surface area contributed by atoms with E-state index in [2.05, 4.69) is 21.0 Å². The third kappa shape index (κ3) is 7.45. The highest BCUT2D eigenvalue weighted by molar-refractivity contribution is 5.91. The molecule has 0 bridgehead atoms. The molecule has 0 aromatic heterocycles. The lowest BCUT2D eigenvalue weighted by molar-refractivity contribution is -0.142. The fourth-order valence-corrected chi connectivity index (χ4v) is 7.76. The van der Waals surface area contributed by atoms with Crippen molar-refractivity contribution in [3.05, 3.63) is 70.4 Å². The van der Waals surface area contributed by atoms with E-state index in [9.17, 15) is 14.4 Å². The molecule has 4 heterocycles. The summed E-state index contributed by atoms with van der Waals surface area (Å²) < 4.78 is 6.13. The third-order valence-corrected chi connectivity index (χ3v) is 10.4. The number of carbonyl (C=O) groups excluding carboxylic acids is 3. The molecule has 2 aromatic carbocycles. The quantitative estimate of drug-likeness (QED) is 0.262. The molecule has 0 radical (unpaired) electrons. The number of nitrogens with one attached hydrogen (secondary N) is 3. The van der Waals surface area contributed by atoms with E-state index in [1.54, 1.807) is 4.90 Å². The minimum absolute atomic E-state index is 0.141. The van der Waals surface area contributed by atoms with Crippen LogP contribution in [0.3, 0.4) is 0 Å². The molecular weight excluding hydrogens is 608 g/mol. The van der Waals surface area contributed by atoms with Crippen LogP contribution in [0, 0.1) is 13.8 Å². The van der Waals surface area contributed by atoms with Crippen LogP contribution in [0.1, 0.15) is 48.4 Å². The summed E-state index contributed by atoms with van der Waals surface area (Å²) in [6, 6.07) is 12.0. The number of rotatable bonds is 7. The van der Waals surface area contributed by atoms with Gasteiger partial charge in [0.25, 0.3) is 5.91 Å². The zero-order valence-electron chi connectivity index (χ0n) is 28.5. The summed E-state index contributed by atoms with van der Waals surface area (Å²) in [5.74, 6) is 5.59. The minimum Gasteiger partial charge on any atom is -0.435 e. The molecule has 2 saturated heterocycles. The number of allylic oxidation sites excluding steroid dienone is 1. The lowest BCUT2D eigenvalue weighted by Crippen LogP contribution is -2.54. The van der Waals surface area contributed by atoms with Gasteiger partial charge >= 0.3 is 12.1 Å². The summed E-state index contributed by atoms with van der Waals surface area (Å²) in [6.45, 7) is 12.1. The van der Waals surface area contributed by atoms with Crippen LogP contribution in [0.25, 0.3) is 0 Å². The molecule has 4 aliphatic rings. The number of ether oxygens (including phenoxy) is 1. The first-order valence-corrected chi connectivity index (χ1v) is 17.3. The van der Waals surface area contributed by atoms with Crippen LogP contribution in [0.4, 0.5) is 21.0 Å². The maximum absolute atomic E-state index is 14.1. The number of hydrazine groups is 1. The van der Waals surface area contributed by atoms with Gasteiger partial charge in [-0.1, -0.05) is 30.3 Å². The highest BCUT2D eigenvalue weighted by Gasteiger charge is 2.36. The van der Waals surface area contributed by atoms with Gasteiger partial charge in [-0.15, -0.1) is 0 Å². The lowest BCUT2D eigenvalue weighted by Gasteiger charge is -2.41. The van der Waals surface area contributed by atoms with Gasteiger partial charge in [0.1, 0.15) is 0 Å². The fourth-order valence-electron chi connectivity index (χ4n) is 7.76. The molecule has 48 heavy (non-hydrogen) atoms. The number of nitrogens with two attached hydrogens (primary N) is 1. The minimum atomic E-state index is -0.968. The van der Waals surface area contributed by atoms with Crippen LogP contribution < -0.4 is 21.9 Å². The predicted octanol–water partition coefficient (Wildman–Crippen LogP) is 3.60. The third-order valence-electron chi connectivity index (χ3n) is 10.4. The second-order valence-corrected chi connectivity index (χ2v) is 13.5. The number of amides is 4. The second-order valence-electron chi connectivity index (χ2n) is 13.5. The summed E-state index contributed by atoms with van der Waals surface area (Å²) in [4.78, 5) is 48.9. The standard InChI is InChI=1S/C36H50N8O4/c1-24-20-27(21-25(2)33(24)40-37)23-32(34(45)42-14-9-29(10-15-42)41-18-12-38-13-19-41)48-36(47)43-17-11-30(22-26(43)3)44-16-8-28-6-4-5-7-31(28)39-35(44)46/h4-7,20-22,29-30,32,38,40H,8-19,23,37H2,1-3H3,(H,39,46)/t30?,32-/m1/s1. The number of piperidine rings is 1. The molecule has 0 saturated carbocycles. The molecule has 4 aliphatic heterocycles. The Balaban J connectivity index is 1.15. The number of aryl methyl sites for hydroxylation is 2. The van der Waals surface area contributed by atoms with Crippen molar-refractivity contribution in [3.8, 4) is 0 Å². The number of piperazine rings is 1. The van der Waals surface area contributed by atoms with Crippen LogP contribution in [0.15, 0.2) is 48.2 Å². The zero-order chi connectivity index (χ0) is 33.8. The largest absolute Gasteiger partial charge is 0.435 e. The number of nitrogen functional groups attached to an aromatic ring is 1. The molecular formula is C36H50N8O4. The normalized spacial score (nSPS) is 21.5. The van der Waals surface area contributed by atoms with E-state index >= 15 is 0 Å². The van der Waals surface area contributed by atoms with Gasteiger partial charge in [-0.2, -0.15) is 0 Å². The van der Waals surface area contributed by atoms with Gasteiger partial charge in [0.15, 0.2) is 6.10 Å². The monoisotopic (exact) mass is 658 g/mol. The molecule has 12 nitrogen and oxygen atoms in total. The van der Waals surface area contributed by atoms with E-state index in [0.29, 0.717) is 44.3 Å². The van der Waals surface area contributed by atoms with Crippen molar-refractivity contribution < 1.29 is 19.1 Å². The SMILES string of the molecule is CC1=CC(N2CCc3ccccc3NC2=O)CCN1C(=O)O[C@H](Cc1cc(C)c(NN)c(C)c1)C(=O)N1CCC(N2CCNCC2)CC1. The summed E-state index contributed by atoms with van der Waals surface area (Å²) in [7, 11) is 0. The van der Waals surface area contributed by atoms with Crippen LogP contribution in [-0.2, 0) is 22.4 Å². The van der Waals surface area contributed by atoms with Crippen molar-refractivity contribution in [2.24, 2.45) is 5.84 Å². The number of carbonyl (C=O) groups is 3. The molecule has 2 aromatic rings. The van der Waals surface area contributed by atoms with Crippen LogP contribution in [0.2, 0.25) is 0 Å². The average Bonchev–Trinajstić information content (AvgIpc) is 3.26. The van der Waals surface area contributed by atoms with Gasteiger partial charge < -0.3 is 30.6 Å². The van der Waals surface area contributed by atoms with Gasteiger partial charge in [0.2, 0.25) is 0 Å². The Bertz CT molecular complexity index is 1510. The molecule has 12 heteroatoms. The maximum Gasteiger partial charge on any atom is 0.414 e. The Morgan fingerprint density at radius 3 is 2.38 bits per heavy atom. The van der Waals surface area contributed by atoms with Crippen molar-refractivity contribution >= 4 is 29.4 Å². The Labute approximate surface area is 283 Å². The number of likely N-dealkylation sites (tertiary alicyclic amines) is 1. The predicted molar refractivity (Wildman–Crippen MR) is 186 cm³/mol. The first-order valence-electron chi connectivity index (χ1n) is 17.3. The van der Waals surface area contributed by atoms with Crippen molar-refractivity contribution in [3.63, 3.8) is 0 Å². The number of fused-ring (bicyclic) bond motifs is 1. The van der Waals surface area contributed by atoms with Crippen molar-refractivity contribution in [1.82, 2.24) is 24.9 Å². The summed E-state index contributed by atoms with van der Waals surface area (Å²) in [6.07, 6.45) is 3.85.